The highest BCUT2D eigenvalue weighted by atomic mass is 16.5. The maximum Gasteiger partial charge on any atom is 0.161 e. The lowest BCUT2D eigenvalue weighted by atomic mass is 10.0. The molecule has 0 aromatic heterocycles. The van der Waals surface area contributed by atoms with Crippen LogP contribution in [0.5, 0.6) is 0 Å². The fourth-order valence-corrected chi connectivity index (χ4v) is 1.56. The van der Waals surface area contributed by atoms with Gasteiger partial charge in [0, 0.05) is 20.0 Å². The Labute approximate surface area is 91.3 Å². The SMILES string of the molecule is CCCC(=O)C(Cc1ccccc1)OC. The third-order valence-electron chi connectivity index (χ3n) is 2.40. The van der Waals surface area contributed by atoms with Crippen LogP contribution in [0.3, 0.4) is 0 Å². The molecule has 1 aromatic carbocycles. The van der Waals surface area contributed by atoms with E-state index in [-0.39, 0.29) is 11.9 Å². The monoisotopic (exact) mass is 206 g/mol. The van der Waals surface area contributed by atoms with Gasteiger partial charge >= 0.3 is 0 Å². The normalized spacial score (nSPS) is 12.4. The molecule has 0 amide bonds. The number of carbonyl (C=O) groups excluding carboxylic acids is 1. The van der Waals surface area contributed by atoms with Crippen molar-refractivity contribution in [3.05, 3.63) is 35.9 Å². The Morgan fingerprint density at radius 1 is 1.33 bits per heavy atom. The Balaban J connectivity index is 2.58. The molecule has 1 aromatic rings. The van der Waals surface area contributed by atoms with Crippen molar-refractivity contribution in [3.8, 4) is 0 Å². The summed E-state index contributed by atoms with van der Waals surface area (Å²) in [6, 6.07) is 9.97. The number of ether oxygens (including phenoxy) is 1. The highest BCUT2D eigenvalue weighted by Crippen LogP contribution is 2.08. The summed E-state index contributed by atoms with van der Waals surface area (Å²) in [6.45, 7) is 2.01. The number of Topliss-reactive ketones (excluding diaryl/α,β-unsaturated/α-hetero) is 1. The molecule has 1 atom stereocenters. The maximum atomic E-state index is 11.7. The molecule has 0 saturated heterocycles. The molecule has 0 radical (unpaired) electrons. The van der Waals surface area contributed by atoms with Crippen LogP contribution in [-0.4, -0.2) is 19.0 Å². The summed E-state index contributed by atoms with van der Waals surface area (Å²) in [7, 11) is 1.60. The predicted molar refractivity (Wildman–Crippen MR) is 60.9 cm³/mol. The maximum absolute atomic E-state index is 11.7. The van der Waals surface area contributed by atoms with Crippen molar-refractivity contribution in [3.63, 3.8) is 0 Å². The summed E-state index contributed by atoms with van der Waals surface area (Å²) in [4.78, 5) is 11.7. The van der Waals surface area contributed by atoms with Gasteiger partial charge in [-0.15, -0.1) is 0 Å². The van der Waals surface area contributed by atoms with Crippen molar-refractivity contribution in [2.45, 2.75) is 32.3 Å². The third-order valence-corrected chi connectivity index (χ3v) is 2.40. The quantitative estimate of drug-likeness (QED) is 0.715. The van der Waals surface area contributed by atoms with E-state index in [1.807, 2.05) is 37.3 Å². The van der Waals surface area contributed by atoms with Crippen LogP contribution in [0.2, 0.25) is 0 Å². The average molecular weight is 206 g/mol. The van der Waals surface area contributed by atoms with Crippen LogP contribution in [0, 0.1) is 0 Å². The predicted octanol–water partition coefficient (Wildman–Crippen LogP) is 2.61. The number of hydrogen-bond acceptors (Lipinski definition) is 2. The van der Waals surface area contributed by atoms with Gasteiger partial charge in [0.25, 0.3) is 0 Å². The number of carbonyl (C=O) groups is 1. The van der Waals surface area contributed by atoms with Gasteiger partial charge in [0.1, 0.15) is 6.10 Å². The van der Waals surface area contributed by atoms with Crippen LogP contribution in [0.25, 0.3) is 0 Å². The zero-order chi connectivity index (χ0) is 11.1. The molecule has 0 aliphatic rings. The van der Waals surface area contributed by atoms with E-state index < -0.39 is 0 Å². The molecule has 15 heavy (non-hydrogen) atoms. The molecule has 0 fully saturated rings. The van der Waals surface area contributed by atoms with Crippen LogP contribution in [-0.2, 0) is 16.0 Å². The minimum atomic E-state index is -0.285. The number of ketones is 1. The Morgan fingerprint density at radius 3 is 2.53 bits per heavy atom. The summed E-state index contributed by atoms with van der Waals surface area (Å²) in [5.74, 6) is 0.198. The van der Waals surface area contributed by atoms with Crippen molar-refractivity contribution >= 4 is 5.78 Å². The molecular formula is C13H18O2. The molecule has 0 aliphatic heterocycles. The molecule has 0 N–H and O–H groups in total. The van der Waals surface area contributed by atoms with E-state index in [1.165, 1.54) is 0 Å². The molecule has 82 valence electrons. The fraction of sp³-hybridized carbons (Fsp3) is 0.462. The van der Waals surface area contributed by atoms with Gasteiger partial charge in [-0.05, 0) is 12.0 Å². The zero-order valence-electron chi connectivity index (χ0n) is 9.40. The first-order valence-electron chi connectivity index (χ1n) is 5.37. The van der Waals surface area contributed by atoms with Crippen molar-refractivity contribution in [1.82, 2.24) is 0 Å². The molecule has 0 bridgehead atoms. The lowest BCUT2D eigenvalue weighted by Gasteiger charge is -2.13. The van der Waals surface area contributed by atoms with Gasteiger partial charge < -0.3 is 4.74 Å². The Morgan fingerprint density at radius 2 is 2.00 bits per heavy atom. The van der Waals surface area contributed by atoms with Gasteiger partial charge in [-0.2, -0.15) is 0 Å². The van der Waals surface area contributed by atoms with Crippen molar-refractivity contribution in [2.75, 3.05) is 7.11 Å². The minimum Gasteiger partial charge on any atom is -0.373 e. The topological polar surface area (TPSA) is 26.3 Å². The van der Waals surface area contributed by atoms with Crippen molar-refractivity contribution < 1.29 is 9.53 Å². The minimum absolute atomic E-state index is 0.198. The third kappa shape index (κ3) is 3.84. The largest absolute Gasteiger partial charge is 0.373 e. The standard InChI is InChI=1S/C13H18O2/c1-3-7-12(14)13(15-2)10-11-8-5-4-6-9-11/h4-6,8-9,13H,3,7,10H2,1-2H3. The number of hydrogen-bond donors (Lipinski definition) is 0. The van der Waals surface area contributed by atoms with Crippen LogP contribution >= 0.6 is 0 Å². The van der Waals surface area contributed by atoms with E-state index in [0.717, 1.165) is 12.0 Å². The molecule has 2 heteroatoms. The summed E-state index contributed by atoms with van der Waals surface area (Å²) in [6.07, 6.45) is 1.88. The average Bonchev–Trinajstić information content (AvgIpc) is 2.27. The fourth-order valence-electron chi connectivity index (χ4n) is 1.56. The van der Waals surface area contributed by atoms with E-state index >= 15 is 0 Å². The molecule has 0 aliphatic carbocycles. The van der Waals surface area contributed by atoms with E-state index in [1.54, 1.807) is 7.11 Å². The zero-order valence-corrected chi connectivity index (χ0v) is 9.40. The second-order valence-corrected chi connectivity index (χ2v) is 3.63. The highest BCUT2D eigenvalue weighted by Gasteiger charge is 2.16. The smallest absolute Gasteiger partial charge is 0.161 e. The number of methoxy groups -OCH3 is 1. The second-order valence-electron chi connectivity index (χ2n) is 3.63. The van der Waals surface area contributed by atoms with Gasteiger partial charge in [-0.25, -0.2) is 0 Å². The van der Waals surface area contributed by atoms with Gasteiger partial charge in [-0.1, -0.05) is 37.3 Å². The Bertz CT molecular complexity index is 293. The van der Waals surface area contributed by atoms with Gasteiger partial charge in [0.15, 0.2) is 5.78 Å². The van der Waals surface area contributed by atoms with Gasteiger partial charge in [-0.3, -0.25) is 4.79 Å². The van der Waals surface area contributed by atoms with Crippen molar-refractivity contribution in [2.24, 2.45) is 0 Å². The molecule has 0 spiro atoms. The molecule has 0 heterocycles. The Kier molecular flexibility index (Phi) is 5.05. The molecule has 1 unspecified atom stereocenters. The van der Waals surface area contributed by atoms with Crippen LogP contribution in [0.1, 0.15) is 25.3 Å². The summed E-state index contributed by atoms with van der Waals surface area (Å²) >= 11 is 0. The molecule has 1 rings (SSSR count). The first kappa shape index (κ1) is 11.9. The molecule has 2 nitrogen and oxygen atoms in total. The first-order valence-corrected chi connectivity index (χ1v) is 5.37. The first-order chi connectivity index (χ1) is 7.27. The Hall–Kier alpha value is -1.15. The lowest BCUT2D eigenvalue weighted by Crippen LogP contribution is -2.25. The van der Waals surface area contributed by atoms with Crippen LogP contribution < -0.4 is 0 Å². The summed E-state index contributed by atoms with van der Waals surface area (Å²) in [5, 5.41) is 0. The summed E-state index contributed by atoms with van der Waals surface area (Å²) in [5.41, 5.74) is 1.15. The molecule has 0 saturated carbocycles. The number of benzene rings is 1. The summed E-state index contributed by atoms with van der Waals surface area (Å²) < 4.78 is 5.22. The number of rotatable bonds is 6. The highest BCUT2D eigenvalue weighted by molar-refractivity contribution is 5.83. The van der Waals surface area contributed by atoms with E-state index in [2.05, 4.69) is 0 Å². The van der Waals surface area contributed by atoms with Crippen LogP contribution in [0.15, 0.2) is 30.3 Å². The molecular weight excluding hydrogens is 188 g/mol. The van der Waals surface area contributed by atoms with E-state index in [4.69, 9.17) is 4.74 Å². The van der Waals surface area contributed by atoms with Gasteiger partial charge in [0.2, 0.25) is 0 Å². The van der Waals surface area contributed by atoms with Crippen molar-refractivity contribution in [1.29, 1.82) is 0 Å². The van der Waals surface area contributed by atoms with E-state index in [0.29, 0.717) is 12.8 Å². The van der Waals surface area contributed by atoms with Gasteiger partial charge in [0.05, 0.1) is 0 Å². The van der Waals surface area contributed by atoms with E-state index in [9.17, 15) is 4.79 Å². The second kappa shape index (κ2) is 6.36. The lowest BCUT2D eigenvalue weighted by molar-refractivity contribution is -0.128. The van der Waals surface area contributed by atoms with Crippen LogP contribution in [0.4, 0.5) is 0 Å².